The summed E-state index contributed by atoms with van der Waals surface area (Å²) in [4.78, 5) is 16.6. The van der Waals surface area contributed by atoms with Crippen LogP contribution in [0.4, 0.5) is 0 Å². The van der Waals surface area contributed by atoms with Gasteiger partial charge in [0.1, 0.15) is 0 Å². The summed E-state index contributed by atoms with van der Waals surface area (Å²) < 4.78 is 5.17. The largest absolute Gasteiger partial charge is 0.383 e. The first-order valence-electron chi connectivity index (χ1n) is 7.44. The highest BCUT2D eigenvalue weighted by Gasteiger charge is 2.33. The molecule has 2 fully saturated rings. The van der Waals surface area contributed by atoms with E-state index in [-0.39, 0.29) is 5.91 Å². The van der Waals surface area contributed by atoms with Crippen molar-refractivity contribution in [1.29, 1.82) is 0 Å². The number of hydrogen-bond donors (Lipinski definition) is 1. The van der Waals surface area contributed by atoms with Crippen LogP contribution < -0.4 is 5.32 Å². The number of piperazine rings is 1. The molecule has 0 aromatic carbocycles. The summed E-state index contributed by atoms with van der Waals surface area (Å²) in [5.41, 5.74) is 0. The fourth-order valence-corrected chi connectivity index (χ4v) is 2.70. The molecule has 110 valence electrons. The highest BCUT2D eigenvalue weighted by molar-refractivity contribution is 5.78. The lowest BCUT2D eigenvalue weighted by atomic mass is 10.1. The summed E-state index contributed by atoms with van der Waals surface area (Å²) in [6, 6.07) is 0.502. The molecule has 0 spiro atoms. The summed E-state index contributed by atoms with van der Waals surface area (Å²) in [6.07, 6.45) is 2.62. The summed E-state index contributed by atoms with van der Waals surface area (Å²) in [5.74, 6) is 1.05. The number of amides is 1. The second-order valence-corrected chi connectivity index (χ2v) is 5.67. The van der Waals surface area contributed by atoms with Crippen molar-refractivity contribution in [2.75, 3.05) is 53.0 Å². The van der Waals surface area contributed by atoms with Gasteiger partial charge in [0.15, 0.2) is 0 Å². The van der Waals surface area contributed by atoms with Crippen molar-refractivity contribution in [1.82, 2.24) is 15.1 Å². The van der Waals surface area contributed by atoms with E-state index in [2.05, 4.69) is 17.1 Å². The molecule has 5 heteroatoms. The Kier molecular flexibility index (Phi) is 5.60. The molecule has 1 aliphatic heterocycles. The SMILES string of the molecule is COCCN(CC(=O)N1CCNCC1)C(C)C1CC1. The molecule has 2 aliphatic rings. The third-order valence-corrected chi connectivity index (χ3v) is 4.27. The molecule has 1 amide bonds. The van der Waals surface area contributed by atoms with E-state index < -0.39 is 0 Å². The van der Waals surface area contributed by atoms with Crippen molar-refractivity contribution in [3.05, 3.63) is 0 Å². The van der Waals surface area contributed by atoms with Gasteiger partial charge in [-0.15, -0.1) is 0 Å². The second-order valence-electron chi connectivity index (χ2n) is 5.67. The minimum absolute atomic E-state index is 0.269. The van der Waals surface area contributed by atoms with Crippen LogP contribution in [0.5, 0.6) is 0 Å². The third-order valence-electron chi connectivity index (χ3n) is 4.27. The van der Waals surface area contributed by atoms with Gasteiger partial charge in [-0.25, -0.2) is 0 Å². The van der Waals surface area contributed by atoms with Crippen LogP contribution in [0.25, 0.3) is 0 Å². The van der Waals surface area contributed by atoms with Gasteiger partial charge in [0.05, 0.1) is 13.2 Å². The minimum Gasteiger partial charge on any atom is -0.383 e. The van der Waals surface area contributed by atoms with Crippen LogP contribution in [0.15, 0.2) is 0 Å². The third kappa shape index (κ3) is 4.44. The molecule has 0 radical (unpaired) electrons. The summed E-state index contributed by atoms with van der Waals surface area (Å²) in [7, 11) is 1.72. The van der Waals surface area contributed by atoms with E-state index in [0.717, 1.165) is 38.6 Å². The van der Waals surface area contributed by atoms with Crippen LogP contribution in [0, 0.1) is 5.92 Å². The Morgan fingerprint density at radius 2 is 2.11 bits per heavy atom. The Morgan fingerprint density at radius 1 is 1.42 bits per heavy atom. The highest BCUT2D eigenvalue weighted by Crippen LogP contribution is 2.35. The average Bonchev–Trinajstić information content (AvgIpc) is 3.28. The molecule has 1 heterocycles. The van der Waals surface area contributed by atoms with E-state index in [1.165, 1.54) is 12.8 Å². The van der Waals surface area contributed by atoms with Crippen LogP contribution >= 0.6 is 0 Å². The van der Waals surface area contributed by atoms with E-state index in [1.807, 2.05) is 4.90 Å². The average molecular weight is 269 g/mol. The van der Waals surface area contributed by atoms with Gasteiger partial charge in [0, 0.05) is 45.9 Å². The van der Waals surface area contributed by atoms with Crippen molar-refractivity contribution >= 4 is 5.91 Å². The van der Waals surface area contributed by atoms with Crippen LogP contribution in [0.2, 0.25) is 0 Å². The van der Waals surface area contributed by atoms with E-state index in [4.69, 9.17) is 4.74 Å². The number of rotatable bonds is 7. The molecular formula is C14H27N3O2. The molecule has 1 saturated heterocycles. The summed E-state index contributed by atoms with van der Waals surface area (Å²) in [5, 5.41) is 3.28. The molecule has 1 saturated carbocycles. The first kappa shape index (κ1) is 14.8. The molecule has 0 aromatic heterocycles. The first-order chi connectivity index (χ1) is 9.22. The van der Waals surface area contributed by atoms with Crippen molar-refractivity contribution in [3.63, 3.8) is 0 Å². The molecule has 1 aliphatic carbocycles. The Bertz CT molecular complexity index is 288. The maximum absolute atomic E-state index is 12.3. The van der Waals surface area contributed by atoms with E-state index >= 15 is 0 Å². The van der Waals surface area contributed by atoms with Gasteiger partial charge in [-0.2, -0.15) is 0 Å². The van der Waals surface area contributed by atoms with Crippen molar-refractivity contribution in [3.8, 4) is 0 Å². The molecule has 1 unspecified atom stereocenters. The fourth-order valence-electron chi connectivity index (χ4n) is 2.70. The van der Waals surface area contributed by atoms with E-state index in [0.29, 0.717) is 19.2 Å². The number of nitrogens with zero attached hydrogens (tertiary/aromatic N) is 2. The van der Waals surface area contributed by atoms with Crippen LogP contribution in [-0.4, -0.2) is 74.7 Å². The number of methoxy groups -OCH3 is 1. The molecule has 0 aromatic rings. The predicted octanol–water partition coefficient (Wildman–Crippen LogP) is 0.165. The molecular weight excluding hydrogens is 242 g/mol. The van der Waals surface area contributed by atoms with Gasteiger partial charge in [-0.3, -0.25) is 9.69 Å². The van der Waals surface area contributed by atoms with E-state index in [1.54, 1.807) is 7.11 Å². The lowest BCUT2D eigenvalue weighted by Crippen LogP contribution is -2.51. The fraction of sp³-hybridized carbons (Fsp3) is 0.929. The number of ether oxygens (including phenoxy) is 1. The normalized spacial score (nSPS) is 21.7. The molecule has 2 rings (SSSR count). The maximum atomic E-state index is 12.3. The van der Waals surface area contributed by atoms with Crippen LogP contribution in [0.3, 0.4) is 0 Å². The van der Waals surface area contributed by atoms with Gasteiger partial charge in [-0.05, 0) is 25.7 Å². The Morgan fingerprint density at radius 3 is 2.68 bits per heavy atom. The lowest BCUT2D eigenvalue weighted by molar-refractivity contribution is -0.133. The zero-order valence-corrected chi connectivity index (χ0v) is 12.2. The quantitative estimate of drug-likeness (QED) is 0.715. The van der Waals surface area contributed by atoms with Crippen molar-refractivity contribution in [2.45, 2.75) is 25.8 Å². The number of hydrogen-bond acceptors (Lipinski definition) is 4. The van der Waals surface area contributed by atoms with Crippen LogP contribution in [0.1, 0.15) is 19.8 Å². The van der Waals surface area contributed by atoms with Crippen molar-refractivity contribution < 1.29 is 9.53 Å². The van der Waals surface area contributed by atoms with Crippen LogP contribution in [-0.2, 0) is 9.53 Å². The number of nitrogens with one attached hydrogen (secondary N) is 1. The topological polar surface area (TPSA) is 44.8 Å². The molecule has 19 heavy (non-hydrogen) atoms. The monoisotopic (exact) mass is 269 g/mol. The van der Waals surface area contributed by atoms with Gasteiger partial charge in [0.2, 0.25) is 5.91 Å². The van der Waals surface area contributed by atoms with Gasteiger partial charge in [-0.1, -0.05) is 0 Å². The Balaban J connectivity index is 1.84. The van der Waals surface area contributed by atoms with Crippen molar-refractivity contribution in [2.24, 2.45) is 5.92 Å². The second kappa shape index (κ2) is 7.22. The van der Waals surface area contributed by atoms with Gasteiger partial charge >= 0.3 is 0 Å². The smallest absolute Gasteiger partial charge is 0.236 e. The molecule has 1 N–H and O–H groups in total. The maximum Gasteiger partial charge on any atom is 0.236 e. The molecule has 0 bridgehead atoms. The summed E-state index contributed by atoms with van der Waals surface area (Å²) >= 11 is 0. The number of carbonyl (C=O) groups excluding carboxylic acids is 1. The standard InChI is InChI=1S/C14H27N3O2/c1-12(13-3-4-13)17(9-10-19-2)11-14(18)16-7-5-15-6-8-16/h12-13,15H,3-11H2,1-2H3. The Hall–Kier alpha value is -0.650. The zero-order valence-electron chi connectivity index (χ0n) is 12.2. The lowest BCUT2D eigenvalue weighted by Gasteiger charge is -2.33. The molecule has 5 nitrogen and oxygen atoms in total. The highest BCUT2D eigenvalue weighted by atomic mass is 16.5. The van der Waals surface area contributed by atoms with Gasteiger partial charge < -0.3 is 15.0 Å². The number of carbonyl (C=O) groups is 1. The van der Waals surface area contributed by atoms with E-state index in [9.17, 15) is 4.79 Å². The zero-order chi connectivity index (χ0) is 13.7. The summed E-state index contributed by atoms with van der Waals surface area (Å²) in [6.45, 7) is 7.87. The minimum atomic E-state index is 0.269. The van der Waals surface area contributed by atoms with Gasteiger partial charge in [0.25, 0.3) is 0 Å². The predicted molar refractivity (Wildman–Crippen MR) is 75.1 cm³/mol. The Labute approximate surface area is 116 Å². The molecule has 1 atom stereocenters. The first-order valence-corrected chi connectivity index (χ1v) is 7.44.